The van der Waals surface area contributed by atoms with Crippen molar-refractivity contribution in [1.29, 1.82) is 0 Å². The first-order valence-corrected chi connectivity index (χ1v) is 26.6. The number of esters is 2. The first-order valence-electron chi connectivity index (χ1n) is 25.1. The number of hydrogen-bond acceptors (Lipinski definition) is 7. The van der Waals surface area contributed by atoms with Crippen LogP contribution < -0.4 is 0 Å². The smallest absolute Gasteiger partial charge is 0.462 e. The van der Waals surface area contributed by atoms with E-state index >= 15 is 0 Å². The van der Waals surface area contributed by atoms with Crippen molar-refractivity contribution in [3.63, 3.8) is 0 Å². The second kappa shape index (κ2) is 42.8. The van der Waals surface area contributed by atoms with Crippen molar-refractivity contribution >= 4 is 19.8 Å². The van der Waals surface area contributed by atoms with Crippen molar-refractivity contribution in [2.24, 2.45) is 0 Å². The highest BCUT2D eigenvalue weighted by Crippen LogP contribution is 2.43. The van der Waals surface area contributed by atoms with Crippen molar-refractivity contribution in [2.75, 3.05) is 47.5 Å². The lowest BCUT2D eigenvalue weighted by molar-refractivity contribution is -0.870. The summed E-state index contributed by atoms with van der Waals surface area (Å²) in [5, 5.41) is 0. The average Bonchev–Trinajstić information content (AvgIpc) is 3.20. The Labute approximate surface area is 370 Å². The van der Waals surface area contributed by atoms with E-state index in [9.17, 15) is 19.0 Å². The van der Waals surface area contributed by atoms with Gasteiger partial charge in [0.2, 0.25) is 0 Å². The molecule has 0 aliphatic carbocycles. The van der Waals surface area contributed by atoms with Crippen molar-refractivity contribution in [3.8, 4) is 0 Å². The number of carbonyl (C=O) groups is 2. The molecule has 0 aromatic heterocycles. The second-order valence-corrected chi connectivity index (χ2v) is 19.7. The van der Waals surface area contributed by atoms with Gasteiger partial charge >= 0.3 is 19.8 Å². The number of likely N-dealkylation sites (N-methyl/N-ethyl adjacent to an activating group) is 1. The summed E-state index contributed by atoms with van der Waals surface area (Å²) >= 11 is 0. The van der Waals surface area contributed by atoms with Crippen LogP contribution in [0.2, 0.25) is 0 Å². The molecular formula is C50H97NO8P+. The van der Waals surface area contributed by atoms with Crippen LogP contribution in [0.4, 0.5) is 0 Å². The topological polar surface area (TPSA) is 108 Å². The Kier molecular flexibility index (Phi) is 41.7. The molecule has 0 aromatic rings. The molecule has 354 valence electrons. The molecule has 0 spiro atoms. The minimum Gasteiger partial charge on any atom is -0.462 e. The zero-order valence-electron chi connectivity index (χ0n) is 40.0. The highest BCUT2D eigenvalue weighted by molar-refractivity contribution is 7.47. The summed E-state index contributed by atoms with van der Waals surface area (Å²) in [5.41, 5.74) is 0. The number of carbonyl (C=O) groups excluding carboxylic acids is 2. The third-order valence-corrected chi connectivity index (χ3v) is 12.0. The predicted octanol–water partition coefficient (Wildman–Crippen LogP) is 14.7. The Balaban J connectivity index is 4.30. The van der Waals surface area contributed by atoms with Crippen LogP contribution >= 0.6 is 7.82 Å². The SMILES string of the molecule is CCCCCCCCCCC/C=C/C/C=C/CCCC(=O)OC[C@H](COP(=O)(O)OCC[N+](C)(C)C)OC(=O)CCCCCCCCCCCCCCCCCCCCC. The number of phosphoric acid groups is 1. The van der Waals surface area contributed by atoms with Crippen molar-refractivity contribution < 1.29 is 42.1 Å². The molecular weight excluding hydrogens is 774 g/mol. The maximum atomic E-state index is 12.7. The molecule has 0 fully saturated rings. The van der Waals surface area contributed by atoms with E-state index in [-0.39, 0.29) is 26.1 Å². The standard InChI is InChI=1S/C50H96NO8P/c1-6-8-10-12-14-16-18-20-22-24-25-27-29-31-33-35-37-39-41-43-50(53)59-48(47-58-60(54,55)57-45-44-51(3,4)5)46-56-49(52)42-40-38-36-34-32-30-28-26-23-21-19-17-15-13-11-9-7-2/h28,30,34,36,48H,6-27,29,31-33,35,37-47H2,1-5H3/p+1/b30-28+,36-34+/t48-/m1/s1. The zero-order chi connectivity index (χ0) is 44.3. The van der Waals surface area contributed by atoms with Gasteiger partial charge in [0, 0.05) is 12.8 Å². The number of quaternary nitrogens is 1. The van der Waals surface area contributed by atoms with Crippen LogP contribution in [0.1, 0.15) is 232 Å². The molecule has 0 radical (unpaired) electrons. The van der Waals surface area contributed by atoms with Gasteiger partial charge in [-0.1, -0.05) is 205 Å². The lowest BCUT2D eigenvalue weighted by Crippen LogP contribution is -2.37. The van der Waals surface area contributed by atoms with Crippen LogP contribution in [0, 0.1) is 0 Å². The molecule has 2 atom stereocenters. The maximum Gasteiger partial charge on any atom is 0.472 e. The largest absolute Gasteiger partial charge is 0.472 e. The Morgan fingerprint density at radius 1 is 0.517 bits per heavy atom. The maximum absolute atomic E-state index is 12.7. The van der Waals surface area contributed by atoms with Gasteiger partial charge in [-0.15, -0.1) is 0 Å². The van der Waals surface area contributed by atoms with Crippen LogP contribution in [0.3, 0.4) is 0 Å². The summed E-state index contributed by atoms with van der Waals surface area (Å²) in [6, 6.07) is 0. The van der Waals surface area contributed by atoms with E-state index in [0.717, 1.165) is 32.1 Å². The van der Waals surface area contributed by atoms with E-state index in [2.05, 4.69) is 38.2 Å². The molecule has 60 heavy (non-hydrogen) atoms. The summed E-state index contributed by atoms with van der Waals surface area (Å²) in [6.45, 7) is 4.41. The number of ether oxygens (including phenoxy) is 2. The van der Waals surface area contributed by atoms with Crippen LogP contribution in [0.25, 0.3) is 0 Å². The number of nitrogens with zero attached hydrogens (tertiary/aromatic N) is 1. The molecule has 0 bridgehead atoms. The fraction of sp³-hybridized carbons (Fsp3) is 0.880. The number of hydrogen-bond donors (Lipinski definition) is 1. The number of unbranched alkanes of at least 4 members (excludes halogenated alkanes) is 28. The fourth-order valence-electron chi connectivity index (χ4n) is 7.06. The third-order valence-electron chi connectivity index (χ3n) is 11.0. The average molecular weight is 871 g/mol. The molecule has 0 amide bonds. The Bertz CT molecular complexity index is 1070. The summed E-state index contributed by atoms with van der Waals surface area (Å²) in [5.74, 6) is -0.840. The summed E-state index contributed by atoms with van der Waals surface area (Å²) < 4.78 is 34.4. The van der Waals surface area contributed by atoms with E-state index in [0.29, 0.717) is 23.9 Å². The van der Waals surface area contributed by atoms with Crippen LogP contribution in [-0.4, -0.2) is 74.9 Å². The molecule has 1 N–H and O–H groups in total. The first kappa shape index (κ1) is 58.5. The summed E-state index contributed by atoms with van der Waals surface area (Å²) in [7, 11) is 1.47. The van der Waals surface area contributed by atoms with E-state index in [1.54, 1.807) is 0 Å². The highest BCUT2D eigenvalue weighted by atomic mass is 31.2. The Hall–Kier alpha value is -1.51. The number of phosphoric ester groups is 1. The molecule has 0 heterocycles. The molecule has 0 saturated heterocycles. The Morgan fingerprint density at radius 2 is 0.917 bits per heavy atom. The van der Waals surface area contributed by atoms with Gasteiger partial charge in [0.15, 0.2) is 6.10 Å². The fourth-order valence-corrected chi connectivity index (χ4v) is 7.80. The normalized spacial score (nSPS) is 13.6. The zero-order valence-corrected chi connectivity index (χ0v) is 40.9. The van der Waals surface area contributed by atoms with Gasteiger partial charge in [0.05, 0.1) is 27.7 Å². The van der Waals surface area contributed by atoms with Gasteiger partial charge in [-0.2, -0.15) is 0 Å². The number of allylic oxidation sites excluding steroid dienone is 4. The van der Waals surface area contributed by atoms with Gasteiger partial charge in [-0.05, 0) is 38.5 Å². The third kappa shape index (κ3) is 46.0. The molecule has 10 heteroatoms. The number of rotatable bonds is 46. The van der Waals surface area contributed by atoms with Crippen LogP contribution in [0.5, 0.6) is 0 Å². The van der Waals surface area contributed by atoms with Crippen molar-refractivity contribution in [1.82, 2.24) is 0 Å². The second-order valence-electron chi connectivity index (χ2n) is 18.2. The Morgan fingerprint density at radius 3 is 1.37 bits per heavy atom. The van der Waals surface area contributed by atoms with Gasteiger partial charge in [0.1, 0.15) is 19.8 Å². The van der Waals surface area contributed by atoms with E-state index in [4.69, 9.17) is 18.5 Å². The van der Waals surface area contributed by atoms with Gasteiger partial charge < -0.3 is 18.9 Å². The molecule has 0 rings (SSSR count). The van der Waals surface area contributed by atoms with E-state index in [1.807, 2.05) is 21.1 Å². The van der Waals surface area contributed by atoms with Gasteiger partial charge in [-0.3, -0.25) is 18.6 Å². The van der Waals surface area contributed by atoms with Crippen molar-refractivity contribution in [3.05, 3.63) is 24.3 Å². The minimum atomic E-state index is -4.38. The lowest BCUT2D eigenvalue weighted by Gasteiger charge is -2.24. The predicted molar refractivity (Wildman–Crippen MR) is 252 cm³/mol. The molecule has 0 aliphatic rings. The molecule has 0 saturated carbocycles. The van der Waals surface area contributed by atoms with Gasteiger partial charge in [0.25, 0.3) is 0 Å². The van der Waals surface area contributed by atoms with Crippen LogP contribution in [-0.2, 0) is 32.7 Å². The monoisotopic (exact) mass is 871 g/mol. The van der Waals surface area contributed by atoms with Gasteiger partial charge in [-0.25, -0.2) is 4.57 Å². The quantitative estimate of drug-likeness (QED) is 0.0212. The van der Waals surface area contributed by atoms with Crippen molar-refractivity contribution in [2.45, 2.75) is 238 Å². The van der Waals surface area contributed by atoms with E-state index in [1.165, 1.54) is 161 Å². The lowest BCUT2D eigenvalue weighted by atomic mass is 10.0. The molecule has 9 nitrogen and oxygen atoms in total. The highest BCUT2D eigenvalue weighted by Gasteiger charge is 2.27. The van der Waals surface area contributed by atoms with E-state index < -0.39 is 32.5 Å². The minimum absolute atomic E-state index is 0.0280. The first-order chi connectivity index (χ1) is 29.0. The summed E-state index contributed by atoms with van der Waals surface area (Å²) in [6.07, 6.45) is 48.1. The molecule has 0 aliphatic heterocycles. The summed E-state index contributed by atoms with van der Waals surface area (Å²) in [4.78, 5) is 35.5. The van der Waals surface area contributed by atoms with Crippen LogP contribution in [0.15, 0.2) is 24.3 Å². The molecule has 0 aromatic carbocycles. The molecule has 1 unspecified atom stereocenters.